The Morgan fingerprint density at radius 2 is 2.10 bits per heavy atom. The molecule has 1 aromatic carbocycles. The van der Waals surface area contributed by atoms with Gasteiger partial charge in [0, 0.05) is 23.7 Å². The Bertz CT molecular complexity index is 599. The lowest BCUT2D eigenvalue weighted by atomic mass is 10.0. The Hall–Kier alpha value is -2.44. The van der Waals surface area contributed by atoms with E-state index in [-0.39, 0.29) is 17.6 Å². The number of hydrogen-bond donors (Lipinski definition) is 2. The van der Waals surface area contributed by atoms with Gasteiger partial charge in [-0.1, -0.05) is 6.42 Å². The Morgan fingerprint density at radius 1 is 1.38 bits per heavy atom. The van der Waals surface area contributed by atoms with Gasteiger partial charge in [0.15, 0.2) is 0 Å². The molecule has 1 aromatic rings. The average molecular weight is 292 g/mol. The zero-order chi connectivity index (χ0) is 15.6. The molecule has 0 aliphatic heterocycles. The highest BCUT2D eigenvalue weighted by Crippen LogP contribution is 2.26. The highest BCUT2D eigenvalue weighted by Gasteiger charge is 2.34. The van der Waals surface area contributed by atoms with Crippen LogP contribution < -0.4 is 5.32 Å². The largest absolute Gasteiger partial charge is 0.481 e. The van der Waals surface area contributed by atoms with E-state index in [2.05, 4.69) is 5.32 Å². The van der Waals surface area contributed by atoms with Gasteiger partial charge >= 0.3 is 5.97 Å². The first-order valence-corrected chi connectivity index (χ1v) is 6.69. The van der Waals surface area contributed by atoms with E-state index in [1.54, 1.807) is 6.92 Å². The molecular formula is C14H16N2O5. The number of benzene rings is 1. The number of carbonyl (C=O) groups excluding carboxylic acids is 1. The van der Waals surface area contributed by atoms with Crippen molar-refractivity contribution in [2.75, 3.05) is 0 Å². The van der Waals surface area contributed by atoms with Gasteiger partial charge in [0.25, 0.3) is 11.6 Å². The van der Waals surface area contributed by atoms with Crippen molar-refractivity contribution in [3.8, 4) is 0 Å². The van der Waals surface area contributed by atoms with E-state index in [0.29, 0.717) is 24.0 Å². The van der Waals surface area contributed by atoms with Gasteiger partial charge in [0.05, 0.1) is 10.8 Å². The van der Waals surface area contributed by atoms with Crippen molar-refractivity contribution in [1.82, 2.24) is 5.32 Å². The van der Waals surface area contributed by atoms with Crippen molar-refractivity contribution in [2.24, 2.45) is 5.92 Å². The minimum absolute atomic E-state index is 0.0756. The Morgan fingerprint density at radius 3 is 2.67 bits per heavy atom. The fraction of sp³-hybridized carbons (Fsp3) is 0.429. The Kier molecular flexibility index (Phi) is 4.21. The summed E-state index contributed by atoms with van der Waals surface area (Å²) in [6, 6.07) is 3.61. The van der Waals surface area contributed by atoms with E-state index < -0.39 is 16.8 Å². The van der Waals surface area contributed by atoms with Crippen LogP contribution >= 0.6 is 0 Å². The molecule has 0 aromatic heterocycles. The molecule has 1 aliphatic carbocycles. The summed E-state index contributed by atoms with van der Waals surface area (Å²) in [4.78, 5) is 33.4. The highest BCUT2D eigenvalue weighted by atomic mass is 16.6. The molecule has 0 radical (unpaired) electrons. The van der Waals surface area contributed by atoms with Crippen molar-refractivity contribution in [1.29, 1.82) is 0 Å². The van der Waals surface area contributed by atoms with Crippen LogP contribution in [0.4, 0.5) is 5.69 Å². The number of nitro groups is 1. The van der Waals surface area contributed by atoms with Crippen LogP contribution in [0.25, 0.3) is 0 Å². The molecule has 1 fully saturated rings. The summed E-state index contributed by atoms with van der Waals surface area (Å²) in [5, 5.41) is 22.5. The third kappa shape index (κ3) is 3.18. The van der Waals surface area contributed by atoms with Crippen LogP contribution in [-0.4, -0.2) is 27.9 Å². The molecule has 0 saturated heterocycles. The van der Waals surface area contributed by atoms with Crippen LogP contribution in [0, 0.1) is 23.0 Å². The smallest absolute Gasteiger partial charge is 0.308 e. The number of carboxylic acids is 1. The standard InChI is InChI=1S/C14H16N2O5/c1-8-7-9(16(20)21)5-6-10(8)13(17)15-12-4-2-3-11(12)14(18)19/h5-7,11-12H,2-4H2,1H3,(H,15,17)(H,18,19). The minimum Gasteiger partial charge on any atom is -0.481 e. The fourth-order valence-corrected chi connectivity index (χ4v) is 2.69. The van der Waals surface area contributed by atoms with Crippen molar-refractivity contribution >= 4 is 17.6 Å². The molecule has 7 heteroatoms. The van der Waals surface area contributed by atoms with E-state index in [4.69, 9.17) is 5.11 Å². The van der Waals surface area contributed by atoms with Crippen LogP contribution in [0.1, 0.15) is 35.2 Å². The topological polar surface area (TPSA) is 110 Å². The Labute approximate surface area is 121 Å². The molecular weight excluding hydrogens is 276 g/mol. The monoisotopic (exact) mass is 292 g/mol. The molecule has 0 heterocycles. The normalized spacial score (nSPS) is 21.0. The molecule has 1 amide bonds. The molecule has 1 aliphatic rings. The first-order chi connectivity index (χ1) is 9.90. The van der Waals surface area contributed by atoms with Crippen molar-refractivity contribution in [2.45, 2.75) is 32.2 Å². The van der Waals surface area contributed by atoms with Crippen LogP contribution in [0.5, 0.6) is 0 Å². The molecule has 2 N–H and O–H groups in total. The lowest BCUT2D eigenvalue weighted by Crippen LogP contribution is -2.40. The summed E-state index contributed by atoms with van der Waals surface area (Å²) in [6.45, 7) is 1.62. The van der Waals surface area contributed by atoms with Gasteiger partial charge in [-0.2, -0.15) is 0 Å². The van der Waals surface area contributed by atoms with Crippen molar-refractivity contribution < 1.29 is 19.6 Å². The third-order valence-electron chi connectivity index (χ3n) is 3.82. The molecule has 2 rings (SSSR count). The maximum Gasteiger partial charge on any atom is 0.308 e. The molecule has 7 nitrogen and oxygen atoms in total. The SMILES string of the molecule is Cc1cc([N+](=O)[O-])ccc1C(=O)NC1CCCC1C(=O)O. The number of rotatable bonds is 4. The van der Waals surface area contributed by atoms with Crippen LogP contribution in [-0.2, 0) is 4.79 Å². The number of nitro benzene ring substituents is 1. The molecule has 1 saturated carbocycles. The van der Waals surface area contributed by atoms with E-state index in [1.807, 2.05) is 0 Å². The van der Waals surface area contributed by atoms with Crippen molar-refractivity contribution in [3.05, 3.63) is 39.4 Å². The van der Waals surface area contributed by atoms with Gasteiger partial charge in [-0.25, -0.2) is 0 Å². The summed E-state index contributed by atoms with van der Waals surface area (Å²) in [5.74, 6) is -1.86. The minimum atomic E-state index is -0.904. The fourth-order valence-electron chi connectivity index (χ4n) is 2.69. The number of nitrogens with one attached hydrogen (secondary N) is 1. The summed E-state index contributed by atoms with van der Waals surface area (Å²) in [7, 11) is 0. The molecule has 112 valence electrons. The van der Waals surface area contributed by atoms with E-state index >= 15 is 0 Å². The highest BCUT2D eigenvalue weighted by molar-refractivity contribution is 5.96. The first kappa shape index (κ1) is 15.0. The number of aryl methyl sites for hydroxylation is 1. The van der Waals surface area contributed by atoms with E-state index in [1.165, 1.54) is 18.2 Å². The van der Waals surface area contributed by atoms with Crippen LogP contribution in [0.15, 0.2) is 18.2 Å². The van der Waals surface area contributed by atoms with E-state index in [0.717, 1.165) is 6.42 Å². The van der Waals surface area contributed by atoms with E-state index in [9.17, 15) is 19.7 Å². The molecule has 0 spiro atoms. The quantitative estimate of drug-likeness (QED) is 0.650. The van der Waals surface area contributed by atoms with Crippen molar-refractivity contribution in [3.63, 3.8) is 0 Å². The molecule has 0 bridgehead atoms. The molecule has 21 heavy (non-hydrogen) atoms. The number of nitrogens with zero attached hydrogens (tertiary/aromatic N) is 1. The van der Waals surface area contributed by atoms with Gasteiger partial charge in [-0.3, -0.25) is 19.7 Å². The lowest BCUT2D eigenvalue weighted by Gasteiger charge is -2.18. The third-order valence-corrected chi connectivity index (χ3v) is 3.82. The summed E-state index contributed by atoms with van der Waals surface area (Å²) in [6.07, 6.45) is 1.95. The maximum absolute atomic E-state index is 12.2. The summed E-state index contributed by atoms with van der Waals surface area (Å²) >= 11 is 0. The number of hydrogen-bond acceptors (Lipinski definition) is 4. The van der Waals surface area contributed by atoms with Crippen LogP contribution in [0.2, 0.25) is 0 Å². The zero-order valence-electron chi connectivity index (χ0n) is 11.5. The summed E-state index contributed by atoms with van der Waals surface area (Å²) < 4.78 is 0. The molecule has 2 unspecified atom stereocenters. The number of carbonyl (C=O) groups is 2. The average Bonchev–Trinajstić information content (AvgIpc) is 2.86. The zero-order valence-corrected chi connectivity index (χ0v) is 11.5. The van der Waals surface area contributed by atoms with Crippen LogP contribution in [0.3, 0.4) is 0 Å². The molecule has 2 atom stereocenters. The van der Waals surface area contributed by atoms with Gasteiger partial charge in [0.1, 0.15) is 0 Å². The first-order valence-electron chi connectivity index (χ1n) is 6.69. The second-order valence-electron chi connectivity index (χ2n) is 5.21. The van der Waals surface area contributed by atoms with Gasteiger partial charge in [-0.15, -0.1) is 0 Å². The predicted octanol–water partition coefficient (Wildman–Crippen LogP) is 1.89. The predicted molar refractivity (Wildman–Crippen MR) is 74.1 cm³/mol. The van der Waals surface area contributed by atoms with Gasteiger partial charge < -0.3 is 10.4 Å². The number of aliphatic carboxylic acids is 1. The maximum atomic E-state index is 12.2. The second kappa shape index (κ2) is 5.90. The number of carboxylic acid groups (broad SMARTS) is 1. The number of amides is 1. The number of non-ortho nitro benzene ring substituents is 1. The summed E-state index contributed by atoms with van der Waals surface area (Å²) in [5.41, 5.74) is 0.747. The Balaban J connectivity index is 2.13. The lowest BCUT2D eigenvalue weighted by molar-refractivity contribution is -0.384. The van der Waals surface area contributed by atoms with Gasteiger partial charge in [0.2, 0.25) is 0 Å². The van der Waals surface area contributed by atoms with Gasteiger partial charge in [-0.05, 0) is 31.4 Å². The second-order valence-corrected chi connectivity index (χ2v) is 5.21.